The van der Waals surface area contributed by atoms with Gasteiger partial charge in [0, 0.05) is 19.2 Å². The lowest BCUT2D eigenvalue weighted by atomic mass is 9.93. The van der Waals surface area contributed by atoms with E-state index in [9.17, 15) is 14.4 Å². The van der Waals surface area contributed by atoms with Crippen LogP contribution in [0.2, 0.25) is 0 Å². The number of amides is 1. The topological polar surface area (TPSA) is 119 Å². The van der Waals surface area contributed by atoms with Gasteiger partial charge in [-0.25, -0.2) is 9.59 Å². The molecule has 0 spiro atoms. The van der Waals surface area contributed by atoms with Crippen molar-refractivity contribution in [2.24, 2.45) is 5.92 Å². The monoisotopic (exact) mass is 565 g/mol. The van der Waals surface area contributed by atoms with Crippen molar-refractivity contribution in [3.63, 3.8) is 0 Å². The Morgan fingerprint density at radius 1 is 0.829 bits per heavy atom. The molecule has 0 aromatic heterocycles. The van der Waals surface area contributed by atoms with Crippen molar-refractivity contribution < 1.29 is 43.1 Å². The first-order valence-corrected chi connectivity index (χ1v) is 13.1. The number of rotatable bonds is 15. The molecule has 0 aliphatic rings. The van der Waals surface area contributed by atoms with Gasteiger partial charge in [-0.2, -0.15) is 4.89 Å². The van der Waals surface area contributed by atoms with Crippen LogP contribution >= 0.6 is 0 Å². The molecule has 0 atom stereocenters. The molecule has 1 N–H and O–H groups in total. The van der Waals surface area contributed by atoms with Crippen LogP contribution in [-0.4, -0.2) is 58.6 Å². The summed E-state index contributed by atoms with van der Waals surface area (Å²) >= 11 is 0. The van der Waals surface area contributed by atoms with Crippen LogP contribution in [0.4, 0.5) is 0 Å². The lowest BCUT2D eigenvalue weighted by molar-refractivity contribution is -0.216. The molecule has 0 aliphatic heterocycles. The van der Waals surface area contributed by atoms with E-state index in [2.05, 4.69) is 10.2 Å². The summed E-state index contributed by atoms with van der Waals surface area (Å²) in [5.41, 5.74) is 2.02. The van der Waals surface area contributed by atoms with E-state index >= 15 is 0 Å². The standard InChI is InChI=1S/C31H35NO9/c1-21(2)18-32-29(33)23-10-12-25(27(16-23)31(35)41-37-4)26-13-11-24(39-19-22-8-6-5-7-9-22)17-28(26)30(34)40-20-38-15-14-36-3/h5-13,16-17,21H,14-15,18-20H2,1-4H3,(H,32,33). The number of carbonyl (C=O) groups excluding carboxylic acids is 3. The van der Waals surface area contributed by atoms with Crippen molar-refractivity contribution in [3.8, 4) is 16.9 Å². The fraction of sp³-hybridized carbons (Fsp3) is 0.323. The first-order valence-electron chi connectivity index (χ1n) is 13.1. The second-order valence-corrected chi connectivity index (χ2v) is 9.33. The Labute approximate surface area is 239 Å². The van der Waals surface area contributed by atoms with Gasteiger partial charge in [-0.3, -0.25) is 9.68 Å². The molecule has 41 heavy (non-hydrogen) atoms. The van der Waals surface area contributed by atoms with Gasteiger partial charge in [0.2, 0.25) is 0 Å². The van der Waals surface area contributed by atoms with Gasteiger partial charge in [0.15, 0.2) is 6.79 Å². The molecule has 3 rings (SSSR count). The number of esters is 1. The molecule has 0 saturated carbocycles. The lowest BCUT2D eigenvalue weighted by Crippen LogP contribution is -2.27. The van der Waals surface area contributed by atoms with Gasteiger partial charge in [-0.1, -0.05) is 50.2 Å². The zero-order chi connectivity index (χ0) is 29.6. The van der Waals surface area contributed by atoms with E-state index < -0.39 is 11.9 Å². The number of carbonyl (C=O) groups is 3. The molecule has 1 amide bonds. The average molecular weight is 566 g/mol. The van der Waals surface area contributed by atoms with Crippen LogP contribution in [0.5, 0.6) is 5.75 Å². The Morgan fingerprint density at radius 3 is 2.22 bits per heavy atom. The van der Waals surface area contributed by atoms with Crippen molar-refractivity contribution >= 4 is 17.8 Å². The third kappa shape index (κ3) is 9.42. The van der Waals surface area contributed by atoms with E-state index in [1.807, 2.05) is 44.2 Å². The highest BCUT2D eigenvalue weighted by atomic mass is 17.2. The summed E-state index contributed by atoms with van der Waals surface area (Å²) in [5, 5.41) is 2.82. The number of nitrogens with one attached hydrogen (secondary N) is 1. The van der Waals surface area contributed by atoms with Gasteiger partial charge in [-0.15, -0.1) is 0 Å². The van der Waals surface area contributed by atoms with Crippen molar-refractivity contribution in [1.29, 1.82) is 0 Å². The second kappa shape index (κ2) is 16.1. The van der Waals surface area contributed by atoms with Gasteiger partial charge in [-0.05, 0) is 52.9 Å². The molecule has 10 nitrogen and oxygen atoms in total. The van der Waals surface area contributed by atoms with Gasteiger partial charge < -0.3 is 24.3 Å². The molecule has 3 aromatic rings. The Bertz CT molecular complexity index is 1310. The Morgan fingerprint density at radius 2 is 1.54 bits per heavy atom. The first-order chi connectivity index (χ1) is 19.8. The first kappa shape index (κ1) is 31.3. The summed E-state index contributed by atoms with van der Waals surface area (Å²) in [4.78, 5) is 48.3. The van der Waals surface area contributed by atoms with E-state index in [4.69, 9.17) is 23.8 Å². The van der Waals surface area contributed by atoms with Gasteiger partial charge in [0.05, 0.1) is 31.5 Å². The van der Waals surface area contributed by atoms with E-state index in [0.717, 1.165) is 5.56 Å². The summed E-state index contributed by atoms with van der Waals surface area (Å²) < 4.78 is 21.5. The predicted octanol–water partition coefficient (Wildman–Crippen LogP) is 4.81. The minimum absolute atomic E-state index is 0.0207. The number of methoxy groups -OCH3 is 1. The molecule has 0 unspecified atom stereocenters. The molecular weight excluding hydrogens is 530 g/mol. The molecule has 3 aromatic carbocycles. The van der Waals surface area contributed by atoms with E-state index in [1.54, 1.807) is 24.3 Å². The van der Waals surface area contributed by atoms with Crippen LogP contribution in [0.1, 0.15) is 50.5 Å². The minimum atomic E-state index is -0.840. The molecule has 0 bridgehead atoms. The largest absolute Gasteiger partial charge is 0.489 e. The van der Waals surface area contributed by atoms with Crippen LogP contribution in [0, 0.1) is 5.92 Å². The molecule has 0 fully saturated rings. The van der Waals surface area contributed by atoms with Crippen molar-refractivity contribution in [2.45, 2.75) is 20.5 Å². The summed E-state index contributed by atoms with van der Waals surface area (Å²) in [6, 6.07) is 19.0. The maximum absolute atomic E-state index is 13.2. The minimum Gasteiger partial charge on any atom is -0.489 e. The van der Waals surface area contributed by atoms with Crippen LogP contribution < -0.4 is 10.1 Å². The van der Waals surface area contributed by atoms with Crippen molar-refractivity contribution in [1.82, 2.24) is 5.32 Å². The fourth-order valence-electron chi connectivity index (χ4n) is 3.74. The number of benzene rings is 3. The van der Waals surface area contributed by atoms with Crippen LogP contribution in [-0.2, 0) is 30.6 Å². The lowest BCUT2D eigenvalue weighted by Gasteiger charge is -2.16. The average Bonchev–Trinajstić information content (AvgIpc) is 2.98. The quantitative estimate of drug-likeness (QED) is 0.0910. The predicted molar refractivity (Wildman–Crippen MR) is 150 cm³/mol. The maximum atomic E-state index is 13.2. The highest BCUT2D eigenvalue weighted by molar-refractivity contribution is 6.05. The van der Waals surface area contributed by atoms with Crippen LogP contribution in [0.25, 0.3) is 11.1 Å². The smallest absolute Gasteiger partial charge is 0.373 e. The van der Waals surface area contributed by atoms with E-state index in [1.165, 1.54) is 26.4 Å². The normalized spacial score (nSPS) is 10.8. The van der Waals surface area contributed by atoms with Gasteiger partial charge >= 0.3 is 11.9 Å². The Balaban J connectivity index is 1.99. The number of ether oxygens (including phenoxy) is 4. The fourth-order valence-corrected chi connectivity index (χ4v) is 3.74. The molecule has 0 heterocycles. The molecule has 0 radical (unpaired) electrons. The number of hydrogen-bond donors (Lipinski definition) is 1. The van der Waals surface area contributed by atoms with E-state index in [0.29, 0.717) is 30.0 Å². The Kier molecular flexibility index (Phi) is 12.3. The maximum Gasteiger partial charge on any atom is 0.373 e. The summed E-state index contributed by atoms with van der Waals surface area (Å²) in [6.45, 7) is 4.97. The molecule has 0 aliphatic carbocycles. The molecule has 10 heteroatoms. The second-order valence-electron chi connectivity index (χ2n) is 9.33. The zero-order valence-electron chi connectivity index (χ0n) is 23.6. The SMILES string of the molecule is COCCOCOC(=O)c1cc(OCc2ccccc2)ccc1-c1ccc(C(=O)NCC(C)C)cc1C(=O)OOC. The van der Waals surface area contributed by atoms with Crippen molar-refractivity contribution in [2.75, 3.05) is 40.8 Å². The molecule has 0 saturated heterocycles. The third-order valence-electron chi connectivity index (χ3n) is 5.79. The van der Waals surface area contributed by atoms with Crippen molar-refractivity contribution in [3.05, 3.63) is 89.0 Å². The summed E-state index contributed by atoms with van der Waals surface area (Å²) in [7, 11) is 2.73. The molecule has 218 valence electrons. The molecular formula is C31H35NO9. The highest BCUT2D eigenvalue weighted by Crippen LogP contribution is 2.32. The third-order valence-corrected chi connectivity index (χ3v) is 5.79. The van der Waals surface area contributed by atoms with Crippen LogP contribution in [0.15, 0.2) is 66.7 Å². The zero-order valence-corrected chi connectivity index (χ0v) is 23.6. The summed E-state index contributed by atoms with van der Waals surface area (Å²) in [6.07, 6.45) is 0. The van der Waals surface area contributed by atoms with Gasteiger partial charge in [0.25, 0.3) is 5.91 Å². The Hall–Kier alpha value is -4.25. The van der Waals surface area contributed by atoms with Gasteiger partial charge in [0.1, 0.15) is 12.4 Å². The van der Waals surface area contributed by atoms with E-state index in [-0.39, 0.29) is 48.5 Å². The highest BCUT2D eigenvalue weighted by Gasteiger charge is 2.23. The summed E-state index contributed by atoms with van der Waals surface area (Å²) in [5.74, 6) is -1.24. The van der Waals surface area contributed by atoms with Crippen LogP contribution in [0.3, 0.4) is 0 Å². The number of hydrogen-bond acceptors (Lipinski definition) is 9.